The molecule has 0 amide bonds. The number of para-hydroxylation sites is 1. The van der Waals surface area contributed by atoms with Crippen LogP contribution in [0.4, 0.5) is 19.0 Å². The molecule has 3 aliphatic rings. The maximum absolute atomic E-state index is 14.6. The number of aromatic nitrogens is 2. The van der Waals surface area contributed by atoms with E-state index in [4.69, 9.17) is 19.1 Å². The molecule has 2 saturated carbocycles. The van der Waals surface area contributed by atoms with Gasteiger partial charge in [-0.3, -0.25) is 0 Å². The molecule has 39 heavy (non-hydrogen) atoms. The fraction of sp³-hybridized carbons (Fsp3) is 0.464. The predicted octanol–water partition coefficient (Wildman–Crippen LogP) is 5.87. The normalized spacial score (nSPS) is 22.8. The zero-order valence-corrected chi connectivity index (χ0v) is 21.1. The molecule has 0 bridgehead atoms. The van der Waals surface area contributed by atoms with E-state index in [1.807, 2.05) is 4.90 Å². The molecule has 1 aromatic carbocycles. The minimum absolute atomic E-state index is 0.0271. The third-order valence-electron chi connectivity index (χ3n) is 7.96. The quantitative estimate of drug-likeness (QED) is 0.358. The highest BCUT2D eigenvalue weighted by Gasteiger charge is 2.40. The number of anilines is 1. The van der Waals surface area contributed by atoms with Crippen LogP contribution in [0.25, 0.3) is 11.3 Å². The van der Waals surface area contributed by atoms with Crippen molar-refractivity contribution in [3.8, 4) is 17.0 Å². The number of nitrogens with zero attached hydrogens (tertiary/aromatic N) is 3. The molecule has 2 aromatic heterocycles. The number of hydrogen-bond donors (Lipinski definition) is 1. The predicted molar refractivity (Wildman–Crippen MR) is 133 cm³/mol. The SMILES string of the molecule is O=C(O)c1cnc(N2C[C@H]3C[C@H](OCc4c(-c5ccccc5OC(F)F)noc4C4CC4)CC[C@H]3C2)c(F)c1. The van der Waals surface area contributed by atoms with E-state index < -0.39 is 18.4 Å². The molecule has 206 valence electrons. The maximum Gasteiger partial charge on any atom is 0.387 e. The fourth-order valence-corrected chi connectivity index (χ4v) is 5.89. The minimum Gasteiger partial charge on any atom is -0.478 e. The first kappa shape index (κ1) is 25.7. The molecular formula is C28H28F3N3O5. The lowest BCUT2D eigenvalue weighted by Gasteiger charge is -2.30. The molecule has 3 heterocycles. The van der Waals surface area contributed by atoms with Gasteiger partial charge in [-0.05, 0) is 62.1 Å². The number of carboxylic acids is 1. The highest BCUT2D eigenvalue weighted by atomic mass is 19.3. The van der Waals surface area contributed by atoms with Crippen LogP contribution >= 0.6 is 0 Å². The van der Waals surface area contributed by atoms with Gasteiger partial charge >= 0.3 is 12.6 Å². The van der Waals surface area contributed by atoms with Gasteiger partial charge in [0.05, 0.1) is 18.3 Å². The van der Waals surface area contributed by atoms with Crippen molar-refractivity contribution < 1.29 is 37.1 Å². The molecule has 0 unspecified atom stereocenters. The molecular weight excluding hydrogens is 515 g/mol. The molecule has 3 atom stereocenters. The first-order chi connectivity index (χ1) is 18.9. The Bertz CT molecular complexity index is 1360. The zero-order chi connectivity index (χ0) is 27.1. The van der Waals surface area contributed by atoms with Crippen molar-refractivity contribution in [3.63, 3.8) is 0 Å². The number of carbonyl (C=O) groups is 1. The lowest BCUT2D eigenvalue weighted by molar-refractivity contribution is -0.0494. The summed E-state index contributed by atoms with van der Waals surface area (Å²) in [6, 6.07) is 7.55. The lowest BCUT2D eigenvalue weighted by Crippen LogP contribution is -2.28. The minimum atomic E-state index is -2.96. The summed E-state index contributed by atoms with van der Waals surface area (Å²) in [6.45, 7) is -1.44. The van der Waals surface area contributed by atoms with Gasteiger partial charge in [0, 0.05) is 36.3 Å². The van der Waals surface area contributed by atoms with Gasteiger partial charge in [-0.25, -0.2) is 14.2 Å². The monoisotopic (exact) mass is 543 g/mol. The number of ether oxygens (including phenoxy) is 2. The number of benzene rings is 1. The van der Waals surface area contributed by atoms with Gasteiger partial charge in [-0.1, -0.05) is 17.3 Å². The molecule has 11 heteroatoms. The van der Waals surface area contributed by atoms with Crippen LogP contribution < -0.4 is 9.64 Å². The van der Waals surface area contributed by atoms with Gasteiger partial charge in [-0.15, -0.1) is 0 Å². The molecule has 8 nitrogen and oxygen atoms in total. The van der Waals surface area contributed by atoms with E-state index in [9.17, 15) is 18.0 Å². The van der Waals surface area contributed by atoms with Gasteiger partial charge < -0.3 is 24.0 Å². The summed E-state index contributed by atoms with van der Waals surface area (Å²) < 4.78 is 57.5. The molecule has 1 saturated heterocycles. The van der Waals surface area contributed by atoms with Gasteiger partial charge in [0.25, 0.3) is 0 Å². The third kappa shape index (κ3) is 5.32. The zero-order valence-electron chi connectivity index (χ0n) is 21.1. The Morgan fingerprint density at radius 2 is 1.95 bits per heavy atom. The van der Waals surface area contributed by atoms with Gasteiger partial charge in [0.1, 0.15) is 17.2 Å². The Morgan fingerprint density at radius 1 is 1.15 bits per heavy atom. The van der Waals surface area contributed by atoms with E-state index in [0.717, 1.165) is 49.5 Å². The van der Waals surface area contributed by atoms with Crippen molar-refractivity contribution >= 4 is 11.8 Å². The summed E-state index contributed by atoms with van der Waals surface area (Å²) in [7, 11) is 0. The Balaban J connectivity index is 1.15. The number of rotatable bonds is 9. The van der Waals surface area contributed by atoms with Gasteiger partial charge in [-0.2, -0.15) is 8.78 Å². The van der Waals surface area contributed by atoms with E-state index in [2.05, 4.69) is 10.1 Å². The topological polar surface area (TPSA) is 97.9 Å². The number of hydrogen-bond acceptors (Lipinski definition) is 7. The van der Waals surface area contributed by atoms with E-state index in [0.29, 0.717) is 30.3 Å². The van der Waals surface area contributed by atoms with Crippen molar-refractivity contribution in [1.82, 2.24) is 10.1 Å². The number of aromatic carboxylic acids is 1. The van der Waals surface area contributed by atoms with Gasteiger partial charge in [0.15, 0.2) is 11.6 Å². The number of fused-ring (bicyclic) bond motifs is 1. The summed E-state index contributed by atoms with van der Waals surface area (Å²) in [5, 5.41) is 13.3. The first-order valence-electron chi connectivity index (χ1n) is 13.2. The summed E-state index contributed by atoms with van der Waals surface area (Å²) in [5.74, 6) is 0.0173. The van der Waals surface area contributed by atoms with Crippen molar-refractivity contribution in [1.29, 1.82) is 0 Å². The third-order valence-corrected chi connectivity index (χ3v) is 7.96. The van der Waals surface area contributed by atoms with Crippen LogP contribution in [0.3, 0.4) is 0 Å². The van der Waals surface area contributed by atoms with E-state index in [1.54, 1.807) is 18.2 Å². The molecule has 1 N–H and O–H groups in total. The average Bonchev–Trinajstić information content (AvgIpc) is 3.53. The summed E-state index contributed by atoms with van der Waals surface area (Å²) in [6.07, 6.45) is 5.68. The second kappa shape index (κ2) is 10.5. The number of carboxylic acid groups (broad SMARTS) is 1. The molecule has 3 aromatic rings. The smallest absolute Gasteiger partial charge is 0.387 e. The van der Waals surface area contributed by atoms with Crippen molar-refractivity contribution in [2.24, 2.45) is 11.8 Å². The van der Waals surface area contributed by atoms with Crippen LogP contribution in [0.2, 0.25) is 0 Å². The Kier molecular flexibility index (Phi) is 6.92. The maximum atomic E-state index is 14.6. The Hall–Kier alpha value is -3.60. The molecule has 0 radical (unpaired) electrons. The van der Waals surface area contributed by atoms with E-state index in [1.165, 1.54) is 12.3 Å². The van der Waals surface area contributed by atoms with Crippen molar-refractivity contribution in [3.05, 3.63) is 59.2 Å². The summed E-state index contributed by atoms with van der Waals surface area (Å²) >= 11 is 0. The lowest BCUT2D eigenvalue weighted by atomic mass is 9.80. The molecule has 3 fully saturated rings. The molecule has 1 aliphatic heterocycles. The number of alkyl halides is 2. The number of halogens is 3. The van der Waals surface area contributed by atoms with E-state index >= 15 is 0 Å². The second-order valence-corrected chi connectivity index (χ2v) is 10.5. The fourth-order valence-electron chi connectivity index (χ4n) is 5.89. The molecule has 0 spiro atoms. The Labute approximate surface area is 222 Å². The highest BCUT2D eigenvalue weighted by Crippen LogP contribution is 2.46. The second-order valence-electron chi connectivity index (χ2n) is 10.5. The van der Waals surface area contributed by atoms with Crippen LogP contribution in [0.5, 0.6) is 5.75 Å². The summed E-state index contributed by atoms with van der Waals surface area (Å²) in [4.78, 5) is 17.1. The van der Waals surface area contributed by atoms with Crippen LogP contribution in [0, 0.1) is 17.7 Å². The largest absolute Gasteiger partial charge is 0.478 e. The average molecular weight is 544 g/mol. The van der Waals surface area contributed by atoms with Crippen LogP contribution in [0.15, 0.2) is 41.1 Å². The van der Waals surface area contributed by atoms with Crippen LogP contribution in [0.1, 0.15) is 59.7 Å². The Morgan fingerprint density at radius 3 is 2.69 bits per heavy atom. The van der Waals surface area contributed by atoms with Crippen molar-refractivity contribution in [2.45, 2.75) is 57.3 Å². The van der Waals surface area contributed by atoms with E-state index in [-0.39, 0.29) is 41.7 Å². The standard InChI is InChI=1S/C28H28F3N3O5/c29-22-10-17(27(35)36)11-32-26(22)34-12-16-7-8-19(9-18(16)13-34)37-14-21-24(33-39-25(21)15-5-6-15)20-3-1-2-4-23(20)38-28(30)31/h1-4,10-11,15-16,18-19,28H,5-9,12-14H2,(H,35,36)/t16-,18+,19+/m0/s1. The highest BCUT2D eigenvalue weighted by molar-refractivity contribution is 5.87. The molecule has 2 aliphatic carbocycles. The number of pyridine rings is 1. The first-order valence-corrected chi connectivity index (χ1v) is 13.2. The van der Waals surface area contributed by atoms with Crippen LogP contribution in [-0.4, -0.2) is 47.0 Å². The molecule has 6 rings (SSSR count). The van der Waals surface area contributed by atoms with Crippen LogP contribution in [-0.2, 0) is 11.3 Å². The summed E-state index contributed by atoms with van der Waals surface area (Å²) in [5.41, 5.74) is 1.48. The van der Waals surface area contributed by atoms with Crippen molar-refractivity contribution in [2.75, 3.05) is 18.0 Å². The van der Waals surface area contributed by atoms with Gasteiger partial charge in [0.2, 0.25) is 0 Å².